The Morgan fingerprint density at radius 1 is 1.12 bits per heavy atom. The van der Waals surface area contributed by atoms with E-state index in [1.165, 1.54) is 0 Å². The highest BCUT2D eigenvalue weighted by atomic mass is 32.2. The molecule has 1 unspecified atom stereocenters. The van der Waals surface area contributed by atoms with E-state index in [9.17, 15) is 8.42 Å². The second-order valence-corrected chi connectivity index (χ2v) is 9.19. The van der Waals surface area contributed by atoms with Gasteiger partial charge in [0.25, 0.3) is 0 Å². The Balaban J connectivity index is 2.01. The molecule has 0 spiro atoms. The number of rotatable bonds is 9. The van der Waals surface area contributed by atoms with Crippen LogP contribution in [0.4, 0.5) is 0 Å². The first-order chi connectivity index (χ1) is 12.3. The first kappa shape index (κ1) is 21.2. The molecule has 1 atom stereocenters. The van der Waals surface area contributed by atoms with Gasteiger partial charge in [0.1, 0.15) is 5.75 Å². The van der Waals surface area contributed by atoms with Crippen LogP contribution in [0.25, 0.3) is 0 Å². The lowest BCUT2D eigenvalue weighted by Gasteiger charge is -2.35. The van der Waals surface area contributed by atoms with Gasteiger partial charge >= 0.3 is 0 Å². The first-order valence-corrected chi connectivity index (χ1v) is 10.8. The topological polar surface area (TPSA) is 67.9 Å². The summed E-state index contributed by atoms with van der Waals surface area (Å²) in [6, 6.07) is 6.75. The fraction of sp³-hybridized carbons (Fsp3) is 0.684. The number of nitrogens with one attached hydrogen (secondary N) is 1. The highest BCUT2D eigenvalue weighted by Crippen LogP contribution is 2.18. The predicted molar refractivity (Wildman–Crippen MR) is 103 cm³/mol. The Bertz CT molecular complexity index is 638. The van der Waals surface area contributed by atoms with Gasteiger partial charge in [0, 0.05) is 25.7 Å². The van der Waals surface area contributed by atoms with Crippen LogP contribution in [0.1, 0.15) is 34.1 Å². The first-order valence-electron chi connectivity index (χ1n) is 9.36. The molecule has 1 aliphatic heterocycles. The van der Waals surface area contributed by atoms with Crippen LogP contribution >= 0.6 is 0 Å². The van der Waals surface area contributed by atoms with Gasteiger partial charge in [-0.2, -0.15) is 0 Å². The Hall–Kier alpha value is -1.15. The molecule has 1 aromatic carbocycles. The summed E-state index contributed by atoms with van der Waals surface area (Å²) in [5, 5.41) is 0. The number of hydrogen-bond acceptors (Lipinski definition) is 5. The molecule has 1 aliphatic rings. The zero-order chi connectivity index (χ0) is 19.2. The molecule has 1 fully saturated rings. The number of nitrogens with zero attached hydrogens (tertiary/aromatic N) is 1. The van der Waals surface area contributed by atoms with Crippen molar-refractivity contribution in [1.82, 2.24) is 9.62 Å². The maximum atomic E-state index is 12.6. The van der Waals surface area contributed by atoms with Crippen LogP contribution in [0.2, 0.25) is 0 Å². The molecular formula is C19H32N2O4S. The van der Waals surface area contributed by atoms with Crippen LogP contribution in [0.15, 0.2) is 29.2 Å². The van der Waals surface area contributed by atoms with Gasteiger partial charge in [-0.3, -0.25) is 4.90 Å². The molecule has 1 N–H and O–H groups in total. The molecule has 0 radical (unpaired) electrons. The summed E-state index contributed by atoms with van der Waals surface area (Å²) in [5.74, 6) is 1.17. The minimum Gasteiger partial charge on any atom is -0.491 e. The smallest absolute Gasteiger partial charge is 0.240 e. The van der Waals surface area contributed by atoms with E-state index in [1.807, 2.05) is 13.8 Å². The Morgan fingerprint density at radius 2 is 1.73 bits per heavy atom. The standard InChI is InChI=1S/C19H32N2O4S/c1-15(2)13-17(21-9-11-24-12-10-21)14-20-26(22,23)19-7-5-18(6-8-19)25-16(3)4/h5-8,15-17,20H,9-14H2,1-4H3. The average Bonchev–Trinajstić information content (AvgIpc) is 2.59. The molecule has 148 valence electrons. The monoisotopic (exact) mass is 384 g/mol. The van der Waals surface area contributed by atoms with Gasteiger partial charge in [0.2, 0.25) is 10.0 Å². The molecule has 0 amide bonds. The molecule has 7 heteroatoms. The predicted octanol–water partition coefficient (Wildman–Crippen LogP) is 2.50. The van der Waals surface area contributed by atoms with Crippen LogP contribution < -0.4 is 9.46 Å². The van der Waals surface area contributed by atoms with Crippen LogP contribution in [-0.4, -0.2) is 58.3 Å². The highest BCUT2D eigenvalue weighted by molar-refractivity contribution is 7.89. The molecular weight excluding hydrogens is 352 g/mol. The van der Waals surface area contributed by atoms with Crippen molar-refractivity contribution in [2.24, 2.45) is 5.92 Å². The molecule has 6 nitrogen and oxygen atoms in total. The Morgan fingerprint density at radius 3 is 2.27 bits per heavy atom. The van der Waals surface area contributed by atoms with Crippen molar-refractivity contribution >= 4 is 10.0 Å². The van der Waals surface area contributed by atoms with Crippen molar-refractivity contribution in [1.29, 1.82) is 0 Å². The third-order valence-corrected chi connectivity index (χ3v) is 5.76. The zero-order valence-corrected chi connectivity index (χ0v) is 17.1. The fourth-order valence-electron chi connectivity index (χ4n) is 3.11. The van der Waals surface area contributed by atoms with Gasteiger partial charge in [-0.05, 0) is 50.5 Å². The van der Waals surface area contributed by atoms with Gasteiger partial charge < -0.3 is 9.47 Å². The summed E-state index contributed by atoms with van der Waals surface area (Å²) < 4.78 is 39.1. The van der Waals surface area contributed by atoms with Gasteiger partial charge in [-0.15, -0.1) is 0 Å². The number of benzene rings is 1. The zero-order valence-electron chi connectivity index (χ0n) is 16.3. The van der Waals surface area contributed by atoms with E-state index in [0.29, 0.717) is 31.4 Å². The highest BCUT2D eigenvalue weighted by Gasteiger charge is 2.24. The van der Waals surface area contributed by atoms with Crippen LogP contribution in [-0.2, 0) is 14.8 Å². The fourth-order valence-corrected chi connectivity index (χ4v) is 4.18. The summed E-state index contributed by atoms with van der Waals surface area (Å²) in [5.41, 5.74) is 0. The number of sulfonamides is 1. The van der Waals surface area contributed by atoms with Crippen LogP contribution in [0.3, 0.4) is 0 Å². The summed E-state index contributed by atoms with van der Waals surface area (Å²) in [7, 11) is -3.54. The van der Waals surface area contributed by atoms with Gasteiger partial charge in [-0.1, -0.05) is 13.8 Å². The molecule has 1 aromatic rings. The number of ether oxygens (including phenoxy) is 2. The molecule has 0 aromatic heterocycles. The normalized spacial score (nSPS) is 17.6. The SMILES string of the molecule is CC(C)CC(CNS(=O)(=O)c1ccc(OC(C)C)cc1)N1CCOCC1. The maximum absolute atomic E-state index is 12.6. The van der Waals surface area contributed by atoms with E-state index in [4.69, 9.17) is 9.47 Å². The molecule has 1 heterocycles. The maximum Gasteiger partial charge on any atom is 0.240 e. The molecule has 1 saturated heterocycles. The van der Waals surface area contributed by atoms with E-state index in [0.717, 1.165) is 19.5 Å². The van der Waals surface area contributed by atoms with E-state index < -0.39 is 10.0 Å². The molecule has 0 saturated carbocycles. The lowest BCUT2D eigenvalue weighted by Crippen LogP contribution is -2.49. The van der Waals surface area contributed by atoms with Crippen molar-refractivity contribution in [3.05, 3.63) is 24.3 Å². The number of morpholine rings is 1. The van der Waals surface area contributed by atoms with Crippen molar-refractivity contribution in [3.63, 3.8) is 0 Å². The minimum absolute atomic E-state index is 0.0564. The van der Waals surface area contributed by atoms with Crippen molar-refractivity contribution in [2.75, 3.05) is 32.8 Å². The third kappa shape index (κ3) is 6.54. The molecule has 26 heavy (non-hydrogen) atoms. The van der Waals surface area contributed by atoms with Crippen molar-refractivity contribution < 1.29 is 17.9 Å². The molecule has 0 aliphatic carbocycles. The Kier molecular flexibility index (Phi) is 7.88. The van der Waals surface area contributed by atoms with Gasteiger partial charge in [0.05, 0.1) is 24.2 Å². The second-order valence-electron chi connectivity index (χ2n) is 7.42. The lowest BCUT2D eigenvalue weighted by molar-refractivity contribution is 0.0134. The lowest BCUT2D eigenvalue weighted by atomic mass is 10.0. The van der Waals surface area contributed by atoms with E-state index in [-0.39, 0.29) is 17.0 Å². The van der Waals surface area contributed by atoms with Crippen LogP contribution in [0.5, 0.6) is 5.75 Å². The Labute approximate surface area is 157 Å². The minimum atomic E-state index is -3.54. The molecule has 0 bridgehead atoms. The third-order valence-electron chi connectivity index (χ3n) is 4.32. The van der Waals surface area contributed by atoms with Gasteiger partial charge in [0.15, 0.2) is 0 Å². The summed E-state index contributed by atoms with van der Waals surface area (Å²) in [6.45, 7) is 11.7. The van der Waals surface area contributed by atoms with E-state index >= 15 is 0 Å². The summed E-state index contributed by atoms with van der Waals surface area (Å²) >= 11 is 0. The summed E-state index contributed by atoms with van der Waals surface area (Å²) in [4.78, 5) is 2.59. The largest absolute Gasteiger partial charge is 0.491 e. The average molecular weight is 385 g/mol. The second kappa shape index (κ2) is 9.69. The van der Waals surface area contributed by atoms with E-state index in [2.05, 4.69) is 23.5 Å². The van der Waals surface area contributed by atoms with E-state index in [1.54, 1.807) is 24.3 Å². The van der Waals surface area contributed by atoms with Gasteiger partial charge in [-0.25, -0.2) is 13.1 Å². The van der Waals surface area contributed by atoms with Crippen molar-refractivity contribution in [2.45, 2.75) is 51.2 Å². The molecule has 2 rings (SSSR count). The van der Waals surface area contributed by atoms with Crippen molar-refractivity contribution in [3.8, 4) is 5.75 Å². The summed E-state index contributed by atoms with van der Waals surface area (Å²) in [6.07, 6.45) is 1.00. The van der Waals surface area contributed by atoms with Crippen LogP contribution in [0, 0.1) is 5.92 Å². The number of hydrogen-bond donors (Lipinski definition) is 1. The quantitative estimate of drug-likeness (QED) is 0.708.